The van der Waals surface area contributed by atoms with Crippen LogP contribution in [0.25, 0.3) is 0 Å². The van der Waals surface area contributed by atoms with E-state index in [4.69, 9.17) is 0 Å². The molecule has 0 saturated carbocycles. The molecule has 1 aliphatic heterocycles. The number of H-pyrrole nitrogens is 1. The van der Waals surface area contributed by atoms with Crippen LogP contribution in [0.15, 0.2) is 11.2 Å². The summed E-state index contributed by atoms with van der Waals surface area (Å²) in [7, 11) is -1.51. The van der Waals surface area contributed by atoms with E-state index in [-0.39, 0.29) is 17.1 Å². The highest BCUT2D eigenvalue weighted by Crippen LogP contribution is 2.22. The molecular formula is C13H25N5O2S. The number of nitrogens with zero attached hydrogens (tertiary/aromatic N) is 3. The number of aromatic nitrogens is 2. The fraction of sp³-hybridized carbons (Fsp3) is 0.769. The van der Waals surface area contributed by atoms with Crippen LogP contribution in [0.1, 0.15) is 26.3 Å². The van der Waals surface area contributed by atoms with Crippen LogP contribution in [0, 0.1) is 0 Å². The lowest BCUT2D eigenvalue weighted by atomic mass is 10.2. The van der Waals surface area contributed by atoms with Crippen LogP contribution in [-0.4, -0.2) is 66.6 Å². The van der Waals surface area contributed by atoms with Gasteiger partial charge in [-0.1, -0.05) is 13.8 Å². The Hall–Kier alpha value is -0.960. The van der Waals surface area contributed by atoms with Gasteiger partial charge in [0.25, 0.3) is 10.0 Å². The van der Waals surface area contributed by atoms with Crippen LogP contribution in [0.2, 0.25) is 0 Å². The Kier molecular flexibility index (Phi) is 5.03. The Bertz CT molecular complexity index is 569. The van der Waals surface area contributed by atoms with Gasteiger partial charge in [-0.25, -0.2) is 8.42 Å². The maximum absolute atomic E-state index is 12.8. The van der Waals surface area contributed by atoms with E-state index in [0.717, 1.165) is 13.1 Å². The smallest absolute Gasteiger partial charge is 0.260 e. The molecule has 1 aromatic rings. The molecule has 8 heteroatoms. The fourth-order valence-corrected chi connectivity index (χ4v) is 4.28. The van der Waals surface area contributed by atoms with Gasteiger partial charge in [0.1, 0.15) is 0 Å². The Morgan fingerprint density at radius 2 is 2.19 bits per heavy atom. The number of aromatic amines is 1. The van der Waals surface area contributed by atoms with E-state index in [9.17, 15) is 8.42 Å². The van der Waals surface area contributed by atoms with Crippen LogP contribution < -0.4 is 5.32 Å². The van der Waals surface area contributed by atoms with Gasteiger partial charge in [-0.2, -0.15) is 9.40 Å². The summed E-state index contributed by atoms with van der Waals surface area (Å²) >= 11 is 0. The minimum atomic E-state index is -3.52. The lowest BCUT2D eigenvalue weighted by molar-refractivity contribution is 0.170. The Morgan fingerprint density at radius 1 is 1.48 bits per heavy atom. The second kappa shape index (κ2) is 6.43. The first-order chi connectivity index (χ1) is 9.82. The van der Waals surface area contributed by atoms with Crippen molar-refractivity contribution in [2.75, 3.05) is 26.7 Å². The van der Waals surface area contributed by atoms with Crippen LogP contribution in [0.4, 0.5) is 0 Å². The SMILES string of the molecule is CC(C)NCc1cn[nH]c1S(=O)(=O)N1CCN(C)CC1C. The summed E-state index contributed by atoms with van der Waals surface area (Å²) in [5.74, 6) is 0. The first kappa shape index (κ1) is 16.4. The highest BCUT2D eigenvalue weighted by molar-refractivity contribution is 7.89. The van der Waals surface area contributed by atoms with Crippen LogP contribution in [-0.2, 0) is 16.6 Å². The molecule has 1 atom stereocenters. The quantitative estimate of drug-likeness (QED) is 0.813. The molecule has 1 saturated heterocycles. The van der Waals surface area contributed by atoms with Gasteiger partial charge >= 0.3 is 0 Å². The molecule has 0 bridgehead atoms. The second-order valence-corrected chi connectivity index (χ2v) is 7.81. The molecule has 0 amide bonds. The number of hydrogen-bond acceptors (Lipinski definition) is 5. The summed E-state index contributed by atoms with van der Waals surface area (Å²) in [6.07, 6.45) is 1.59. The van der Waals surface area contributed by atoms with Gasteiger partial charge in [0.05, 0.1) is 6.20 Å². The molecule has 0 spiro atoms. The average molecular weight is 315 g/mol. The molecule has 0 aliphatic carbocycles. The number of sulfonamides is 1. The average Bonchev–Trinajstić information content (AvgIpc) is 2.84. The third kappa shape index (κ3) is 3.63. The lowest BCUT2D eigenvalue weighted by Crippen LogP contribution is -2.52. The van der Waals surface area contributed by atoms with Crippen molar-refractivity contribution in [3.8, 4) is 0 Å². The summed E-state index contributed by atoms with van der Waals surface area (Å²) in [4.78, 5) is 2.14. The largest absolute Gasteiger partial charge is 0.310 e. The van der Waals surface area contributed by atoms with Gasteiger partial charge < -0.3 is 10.2 Å². The molecule has 1 unspecified atom stereocenters. The zero-order valence-corrected chi connectivity index (χ0v) is 13.9. The Morgan fingerprint density at radius 3 is 2.81 bits per heavy atom. The topological polar surface area (TPSA) is 81.3 Å². The molecule has 2 N–H and O–H groups in total. The first-order valence-electron chi connectivity index (χ1n) is 7.28. The van der Waals surface area contributed by atoms with Crippen molar-refractivity contribution < 1.29 is 8.42 Å². The molecule has 0 aromatic carbocycles. The van der Waals surface area contributed by atoms with E-state index in [0.29, 0.717) is 18.7 Å². The van der Waals surface area contributed by atoms with Crippen LogP contribution in [0.3, 0.4) is 0 Å². The number of nitrogens with one attached hydrogen (secondary N) is 2. The highest BCUT2D eigenvalue weighted by atomic mass is 32.2. The van der Waals surface area contributed by atoms with Crippen molar-refractivity contribution in [1.82, 2.24) is 24.7 Å². The number of likely N-dealkylation sites (N-methyl/N-ethyl adjacent to an activating group) is 1. The molecular weight excluding hydrogens is 290 g/mol. The van der Waals surface area contributed by atoms with Gasteiger partial charge in [0.2, 0.25) is 0 Å². The first-order valence-corrected chi connectivity index (χ1v) is 8.72. The molecule has 2 heterocycles. The van der Waals surface area contributed by atoms with Gasteiger partial charge in [0, 0.05) is 43.8 Å². The maximum Gasteiger partial charge on any atom is 0.260 e. The lowest BCUT2D eigenvalue weighted by Gasteiger charge is -2.36. The summed E-state index contributed by atoms with van der Waals surface area (Å²) in [5, 5.41) is 10.0. The molecule has 1 fully saturated rings. The van der Waals surface area contributed by atoms with Crippen molar-refractivity contribution in [3.63, 3.8) is 0 Å². The minimum absolute atomic E-state index is 0.0389. The van der Waals surface area contributed by atoms with E-state index in [1.807, 2.05) is 27.8 Å². The zero-order valence-electron chi connectivity index (χ0n) is 13.1. The maximum atomic E-state index is 12.8. The molecule has 7 nitrogen and oxygen atoms in total. The second-order valence-electron chi connectivity index (χ2n) is 5.99. The Balaban J connectivity index is 2.22. The highest BCUT2D eigenvalue weighted by Gasteiger charge is 2.35. The van der Waals surface area contributed by atoms with E-state index in [1.165, 1.54) is 0 Å². The zero-order chi connectivity index (χ0) is 15.6. The van der Waals surface area contributed by atoms with Gasteiger partial charge in [-0.3, -0.25) is 5.10 Å². The summed E-state index contributed by atoms with van der Waals surface area (Å²) in [5.41, 5.74) is 0.690. The van der Waals surface area contributed by atoms with E-state index in [2.05, 4.69) is 20.4 Å². The molecule has 21 heavy (non-hydrogen) atoms. The molecule has 1 aromatic heterocycles. The molecule has 1 aliphatic rings. The normalized spacial score (nSPS) is 22.0. The number of rotatable bonds is 5. The van der Waals surface area contributed by atoms with Crippen molar-refractivity contribution in [3.05, 3.63) is 11.8 Å². The number of hydrogen-bond donors (Lipinski definition) is 2. The van der Waals surface area contributed by atoms with E-state index < -0.39 is 10.0 Å². The predicted octanol–water partition coefficient (Wildman–Crippen LogP) is 0.232. The molecule has 0 radical (unpaired) electrons. The molecule has 2 rings (SSSR count). The fourth-order valence-electron chi connectivity index (χ4n) is 2.56. The predicted molar refractivity (Wildman–Crippen MR) is 81.4 cm³/mol. The summed E-state index contributed by atoms with van der Waals surface area (Å²) < 4.78 is 27.2. The van der Waals surface area contributed by atoms with Crippen LogP contribution >= 0.6 is 0 Å². The van der Waals surface area contributed by atoms with E-state index >= 15 is 0 Å². The van der Waals surface area contributed by atoms with E-state index in [1.54, 1.807) is 10.5 Å². The van der Waals surface area contributed by atoms with Crippen LogP contribution in [0.5, 0.6) is 0 Å². The molecule has 120 valence electrons. The van der Waals surface area contributed by atoms with Crippen molar-refractivity contribution >= 4 is 10.0 Å². The summed E-state index contributed by atoms with van der Waals surface area (Å²) in [6, 6.07) is 0.251. The van der Waals surface area contributed by atoms with Crippen molar-refractivity contribution in [1.29, 1.82) is 0 Å². The minimum Gasteiger partial charge on any atom is -0.310 e. The monoisotopic (exact) mass is 315 g/mol. The third-order valence-electron chi connectivity index (χ3n) is 3.72. The van der Waals surface area contributed by atoms with Gasteiger partial charge in [-0.15, -0.1) is 0 Å². The third-order valence-corrected chi connectivity index (χ3v) is 5.74. The van der Waals surface area contributed by atoms with Gasteiger partial charge in [0.15, 0.2) is 5.03 Å². The number of piperazine rings is 1. The van der Waals surface area contributed by atoms with Crippen molar-refractivity contribution in [2.24, 2.45) is 0 Å². The van der Waals surface area contributed by atoms with Gasteiger partial charge in [-0.05, 0) is 14.0 Å². The Labute approximate surface area is 126 Å². The standard InChI is InChI=1S/C13H25N5O2S/c1-10(2)14-7-12-8-15-16-13(12)21(19,20)18-6-5-17(4)9-11(18)3/h8,10-11,14H,5-7,9H2,1-4H3,(H,15,16). The summed E-state index contributed by atoms with van der Waals surface area (Å²) in [6.45, 7) is 8.48. The van der Waals surface area contributed by atoms with Crippen molar-refractivity contribution in [2.45, 2.75) is 44.4 Å².